The maximum atomic E-state index is 12.0. The monoisotopic (exact) mass is 272 g/mol. The molecule has 0 amide bonds. The first-order valence-corrected chi connectivity index (χ1v) is 7.19. The van der Waals surface area contributed by atoms with Gasteiger partial charge in [0.2, 0.25) is 16.0 Å². The summed E-state index contributed by atoms with van der Waals surface area (Å²) in [5.41, 5.74) is 5.31. The normalized spacial score (nSPS) is 21.9. The van der Waals surface area contributed by atoms with Crippen molar-refractivity contribution in [1.29, 1.82) is 0 Å². The molecule has 7 nitrogen and oxygen atoms in total. The van der Waals surface area contributed by atoms with E-state index in [4.69, 9.17) is 10.5 Å². The lowest BCUT2D eigenvalue weighted by Crippen LogP contribution is -2.40. The van der Waals surface area contributed by atoms with Crippen LogP contribution in [0.5, 0.6) is 0 Å². The Labute approximate surface area is 106 Å². The van der Waals surface area contributed by atoms with Gasteiger partial charge in [0.15, 0.2) is 0 Å². The van der Waals surface area contributed by atoms with Gasteiger partial charge >= 0.3 is 0 Å². The van der Waals surface area contributed by atoms with Crippen molar-refractivity contribution in [2.75, 3.05) is 12.3 Å². The van der Waals surface area contributed by atoms with Gasteiger partial charge in [-0.3, -0.25) is 0 Å². The molecule has 8 heteroatoms. The Morgan fingerprint density at radius 2 is 2.17 bits per heavy atom. The van der Waals surface area contributed by atoms with E-state index in [1.54, 1.807) is 6.92 Å². The smallest absolute Gasteiger partial charge is 0.243 e. The lowest BCUT2D eigenvalue weighted by atomic mass is 10.1. The van der Waals surface area contributed by atoms with E-state index in [1.165, 1.54) is 12.4 Å². The maximum Gasteiger partial charge on any atom is 0.243 e. The summed E-state index contributed by atoms with van der Waals surface area (Å²) >= 11 is 0. The largest absolute Gasteiger partial charge is 0.377 e. The molecule has 0 aliphatic carbocycles. The quantitative estimate of drug-likeness (QED) is 0.793. The zero-order valence-electron chi connectivity index (χ0n) is 10.0. The molecule has 1 aromatic rings. The second-order valence-electron chi connectivity index (χ2n) is 4.24. The molecular weight excluding hydrogens is 256 g/mol. The van der Waals surface area contributed by atoms with Gasteiger partial charge in [0.1, 0.15) is 4.90 Å². The van der Waals surface area contributed by atoms with Gasteiger partial charge in [-0.25, -0.2) is 23.1 Å². The number of hydrogen-bond donors (Lipinski definition) is 2. The van der Waals surface area contributed by atoms with Crippen LogP contribution in [0.3, 0.4) is 0 Å². The number of sulfonamides is 1. The van der Waals surface area contributed by atoms with Crippen molar-refractivity contribution in [2.45, 2.75) is 36.8 Å². The molecular formula is C10H16N4O3S. The Kier molecular flexibility index (Phi) is 3.79. The van der Waals surface area contributed by atoms with Crippen LogP contribution in [0.25, 0.3) is 0 Å². The molecule has 0 aromatic carbocycles. The minimum atomic E-state index is -3.62. The number of aromatic nitrogens is 2. The van der Waals surface area contributed by atoms with Crippen molar-refractivity contribution < 1.29 is 13.2 Å². The fourth-order valence-corrected chi connectivity index (χ4v) is 3.01. The Bertz CT molecular complexity index is 496. The van der Waals surface area contributed by atoms with Crippen LogP contribution >= 0.6 is 0 Å². The van der Waals surface area contributed by atoms with Crippen LogP contribution in [0.1, 0.15) is 19.8 Å². The summed E-state index contributed by atoms with van der Waals surface area (Å²) in [4.78, 5) is 7.33. The van der Waals surface area contributed by atoms with Gasteiger partial charge in [-0.15, -0.1) is 0 Å². The summed E-state index contributed by atoms with van der Waals surface area (Å²) in [6.07, 6.45) is 4.12. The molecule has 1 saturated heterocycles. The summed E-state index contributed by atoms with van der Waals surface area (Å²) in [6, 6.07) is -0.282. The number of ether oxygens (including phenoxy) is 1. The standard InChI is InChI=1S/C10H16N4O3S/c1-7(9-3-2-4-17-9)14-18(15,16)8-5-12-10(11)13-6-8/h5-7,9,14H,2-4H2,1H3,(H2,11,12,13). The third kappa shape index (κ3) is 2.95. The van der Waals surface area contributed by atoms with Gasteiger partial charge < -0.3 is 10.5 Å². The van der Waals surface area contributed by atoms with Crippen molar-refractivity contribution in [3.05, 3.63) is 12.4 Å². The van der Waals surface area contributed by atoms with Gasteiger partial charge in [-0.1, -0.05) is 0 Å². The lowest BCUT2D eigenvalue weighted by Gasteiger charge is -2.19. The lowest BCUT2D eigenvalue weighted by molar-refractivity contribution is 0.0902. The number of hydrogen-bond acceptors (Lipinski definition) is 6. The highest BCUT2D eigenvalue weighted by atomic mass is 32.2. The van der Waals surface area contributed by atoms with E-state index in [2.05, 4.69) is 14.7 Å². The molecule has 1 fully saturated rings. The van der Waals surface area contributed by atoms with E-state index in [9.17, 15) is 8.42 Å². The number of rotatable bonds is 4. The topological polar surface area (TPSA) is 107 Å². The zero-order chi connectivity index (χ0) is 13.2. The van der Waals surface area contributed by atoms with Crippen molar-refractivity contribution in [1.82, 2.24) is 14.7 Å². The number of anilines is 1. The van der Waals surface area contributed by atoms with Crippen LogP contribution in [-0.4, -0.2) is 37.1 Å². The zero-order valence-corrected chi connectivity index (χ0v) is 10.9. The third-order valence-corrected chi connectivity index (χ3v) is 4.34. The van der Waals surface area contributed by atoms with Gasteiger partial charge in [-0.05, 0) is 19.8 Å². The molecule has 0 saturated carbocycles. The van der Waals surface area contributed by atoms with Crippen LogP contribution < -0.4 is 10.5 Å². The molecule has 2 unspecified atom stereocenters. The summed E-state index contributed by atoms with van der Waals surface area (Å²) in [7, 11) is -3.62. The fraction of sp³-hybridized carbons (Fsp3) is 0.600. The molecule has 0 radical (unpaired) electrons. The van der Waals surface area contributed by atoms with E-state index in [0.717, 1.165) is 12.8 Å². The Morgan fingerprint density at radius 1 is 1.50 bits per heavy atom. The molecule has 1 aromatic heterocycles. The maximum absolute atomic E-state index is 12.0. The van der Waals surface area contributed by atoms with Crippen molar-refractivity contribution in [3.63, 3.8) is 0 Å². The molecule has 2 heterocycles. The van der Waals surface area contributed by atoms with E-state index < -0.39 is 10.0 Å². The minimum absolute atomic E-state index is 0.00143. The van der Waals surface area contributed by atoms with E-state index in [-0.39, 0.29) is 23.0 Å². The second kappa shape index (κ2) is 5.17. The van der Waals surface area contributed by atoms with E-state index >= 15 is 0 Å². The molecule has 18 heavy (non-hydrogen) atoms. The first-order valence-electron chi connectivity index (χ1n) is 5.70. The molecule has 3 N–H and O–H groups in total. The predicted octanol–water partition coefficient (Wildman–Crippen LogP) is -0.0954. The van der Waals surface area contributed by atoms with Crippen LogP contribution in [0.2, 0.25) is 0 Å². The Balaban J connectivity index is 2.09. The van der Waals surface area contributed by atoms with Crippen LogP contribution in [0.4, 0.5) is 5.95 Å². The summed E-state index contributed by atoms with van der Waals surface area (Å²) < 4.78 is 32.0. The number of nitrogens with one attached hydrogen (secondary N) is 1. The summed E-state index contributed by atoms with van der Waals surface area (Å²) in [5.74, 6) is 0.0427. The van der Waals surface area contributed by atoms with E-state index in [1.807, 2.05) is 0 Å². The van der Waals surface area contributed by atoms with Gasteiger partial charge in [-0.2, -0.15) is 0 Å². The predicted molar refractivity (Wildman–Crippen MR) is 65.2 cm³/mol. The average Bonchev–Trinajstić information content (AvgIpc) is 2.82. The summed E-state index contributed by atoms with van der Waals surface area (Å²) in [5, 5.41) is 0. The van der Waals surface area contributed by atoms with Crippen LogP contribution in [0.15, 0.2) is 17.3 Å². The number of nitrogens with zero attached hydrogens (tertiary/aromatic N) is 2. The molecule has 0 bridgehead atoms. The van der Waals surface area contributed by atoms with Crippen LogP contribution in [-0.2, 0) is 14.8 Å². The third-order valence-electron chi connectivity index (χ3n) is 2.82. The number of nitrogens with two attached hydrogens (primary N) is 1. The molecule has 2 atom stereocenters. The average molecular weight is 272 g/mol. The molecule has 1 aliphatic rings. The summed E-state index contributed by atoms with van der Waals surface area (Å²) in [6.45, 7) is 2.47. The van der Waals surface area contributed by atoms with E-state index in [0.29, 0.717) is 6.61 Å². The number of nitrogen functional groups attached to an aromatic ring is 1. The fourth-order valence-electron chi connectivity index (χ4n) is 1.85. The molecule has 0 spiro atoms. The SMILES string of the molecule is CC(NS(=O)(=O)c1cnc(N)nc1)C1CCCO1. The minimum Gasteiger partial charge on any atom is -0.377 e. The van der Waals surface area contributed by atoms with Crippen LogP contribution in [0, 0.1) is 0 Å². The molecule has 100 valence electrons. The van der Waals surface area contributed by atoms with Crippen molar-refractivity contribution in [3.8, 4) is 0 Å². The van der Waals surface area contributed by atoms with Gasteiger partial charge in [0.05, 0.1) is 18.5 Å². The van der Waals surface area contributed by atoms with Crippen molar-refractivity contribution in [2.24, 2.45) is 0 Å². The Hall–Kier alpha value is -1.25. The molecule has 1 aliphatic heterocycles. The highest BCUT2D eigenvalue weighted by Crippen LogP contribution is 2.17. The second-order valence-corrected chi connectivity index (χ2v) is 5.95. The first-order chi connectivity index (χ1) is 8.49. The Morgan fingerprint density at radius 3 is 2.72 bits per heavy atom. The highest BCUT2D eigenvalue weighted by Gasteiger charge is 2.27. The molecule has 2 rings (SSSR count). The van der Waals surface area contributed by atoms with Gasteiger partial charge in [0.25, 0.3) is 0 Å². The van der Waals surface area contributed by atoms with Crippen molar-refractivity contribution >= 4 is 16.0 Å². The highest BCUT2D eigenvalue weighted by molar-refractivity contribution is 7.89. The first kappa shape index (κ1) is 13.2. The van der Waals surface area contributed by atoms with Gasteiger partial charge in [0, 0.05) is 12.6 Å².